The lowest BCUT2D eigenvalue weighted by Crippen LogP contribution is -2.48. The van der Waals surface area contributed by atoms with Crippen molar-refractivity contribution >= 4 is 29.2 Å². The fraction of sp³-hybridized carbons (Fsp3) is 0.409. The normalized spacial score (nSPS) is 17.8. The van der Waals surface area contributed by atoms with E-state index in [4.69, 9.17) is 11.6 Å². The fourth-order valence-corrected chi connectivity index (χ4v) is 3.76. The number of nitrogens with zero attached hydrogens (tertiary/aromatic N) is 3. The average molecular weight is 415 g/mol. The Kier molecular flexibility index (Phi) is 7.23. The van der Waals surface area contributed by atoms with Crippen LogP contribution in [-0.2, 0) is 9.59 Å². The van der Waals surface area contributed by atoms with E-state index in [1.54, 1.807) is 12.1 Å². The van der Waals surface area contributed by atoms with Gasteiger partial charge in [0.15, 0.2) is 0 Å². The fourth-order valence-electron chi connectivity index (χ4n) is 3.65. The minimum absolute atomic E-state index is 0.0441. The summed E-state index contributed by atoms with van der Waals surface area (Å²) in [6.45, 7) is 3.88. The number of halogens is 1. The Morgan fingerprint density at radius 3 is 2.69 bits per heavy atom. The first-order valence-corrected chi connectivity index (χ1v) is 10.3. The molecule has 1 fully saturated rings. The van der Waals surface area contributed by atoms with Crippen LogP contribution in [0.3, 0.4) is 0 Å². The molecule has 2 aromatic rings. The zero-order valence-corrected chi connectivity index (χ0v) is 17.6. The second-order valence-electron chi connectivity index (χ2n) is 7.36. The number of amides is 2. The van der Waals surface area contributed by atoms with Crippen LogP contribution in [0.15, 0.2) is 48.7 Å². The van der Waals surface area contributed by atoms with E-state index in [0.29, 0.717) is 23.9 Å². The maximum atomic E-state index is 13.4. The molecule has 2 amide bonds. The minimum Gasteiger partial charge on any atom is -0.340 e. The summed E-state index contributed by atoms with van der Waals surface area (Å²) >= 11 is 5.85. The summed E-state index contributed by atoms with van der Waals surface area (Å²) in [6.07, 6.45) is 3.05. The molecular weight excluding hydrogens is 388 g/mol. The number of hydrogen-bond donors (Lipinski definition) is 1. The van der Waals surface area contributed by atoms with Gasteiger partial charge in [0.25, 0.3) is 0 Å². The Labute approximate surface area is 176 Å². The highest BCUT2D eigenvalue weighted by Crippen LogP contribution is 2.26. The number of likely N-dealkylation sites (N-methyl/N-ethyl adjacent to an activating group) is 1. The first-order valence-electron chi connectivity index (χ1n) is 9.96. The third-order valence-corrected chi connectivity index (χ3v) is 5.59. The van der Waals surface area contributed by atoms with Crippen LogP contribution in [0.1, 0.15) is 31.4 Å². The second kappa shape index (κ2) is 9.85. The van der Waals surface area contributed by atoms with E-state index in [-0.39, 0.29) is 23.8 Å². The molecule has 6 nitrogen and oxygen atoms in total. The lowest BCUT2D eigenvalue weighted by Gasteiger charge is -2.36. The van der Waals surface area contributed by atoms with E-state index < -0.39 is 0 Å². The molecule has 1 aliphatic heterocycles. The van der Waals surface area contributed by atoms with Crippen molar-refractivity contribution < 1.29 is 9.59 Å². The summed E-state index contributed by atoms with van der Waals surface area (Å²) in [5.41, 5.74) is 0.971. The van der Waals surface area contributed by atoms with Crippen molar-refractivity contribution in [2.75, 3.05) is 32.0 Å². The number of benzene rings is 1. The molecule has 2 unspecified atom stereocenters. The minimum atomic E-state index is -0.346. The van der Waals surface area contributed by atoms with E-state index in [9.17, 15) is 9.59 Å². The molecule has 2 heterocycles. The molecule has 1 saturated heterocycles. The number of nitrogens with one attached hydrogen (secondary N) is 1. The van der Waals surface area contributed by atoms with Gasteiger partial charge in [0, 0.05) is 19.3 Å². The second-order valence-corrected chi connectivity index (χ2v) is 7.80. The molecule has 1 aromatic heterocycles. The summed E-state index contributed by atoms with van der Waals surface area (Å²) in [7, 11) is 1.95. The Balaban J connectivity index is 1.70. The maximum Gasteiger partial charge on any atom is 0.244 e. The van der Waals surface area contributed by atoms with Crippen LogP contribution in [0.5, 0.6) is 0 Å². The topological polar surface area (TPSA) is 65.5 Å². The lowest BCUT2D eigenvalue weighted by molar-refractivity contribution is -0.139. The summed E-state index contributed by atoms with van der Waals surface area (Å²) in [5, 5.41) is 3.35. The standard InChI is InChI=1S/C22H27ClN4O2/c1-3-26(2)20(16-8-5-4-6-9-16)22(29)27-13-7-10-17(15-27)21(28)25-19-12-11-18(23)14-24-19/h4-6,8-9,11-12,14,17,20H,3,7,10,13,15H2,1-2H3,(H,24,25,28). The highest BCUT2D eigenvalue weighted by Gasteiger charge is 2.34. The van der Waals surface area contributed by atoms with Crippen molar-refractivity contribution in [3.8, 4) is 0 Å². The van der Waals surface area contributed by atoms with Gasteiger partial charge in [0.2, 0.25) is 11.8 Å². The molecule has 154 valence electrons. The molecule has 0 spiro atoms. The van der Waals surface area contributed by atoms with Gasteiger partial charge in [-0.2, -0.15) is 0 Å². The molecule has 1 aromatic carbocycles. The molecular formula is C22H27ClN4O2. The zero-order chi connectivity index (χ0) is 20.8. The van der Waals surface area contributed by atoms with E-state index >= 15 is 0 Å². The third-order valence-electron chi connectivity index (χ3n) is 5.37. The molecule has 0 bridgehead atoms. The number of likely N-dealkylation sites (tertiary alicyclic amines) is 1. The zero-order valence-electron chi connectivity index (χ0n) is 16.8. The number of carbonyl (C=O) groups is 2. The summed E-state index contributed by atoms with van der Waals surface area (Å²) in [6, 6.07) is 12.8. The van der Waals surface area contributed by atoms with E-state index in [1.165, 1.54) is 6.20 Å². The first kappa shape index (κ1) is 21.3. The number of piperidine rings is 1. The number of aromatic nitrogens is 1. The van der Waals surface area contributed by atoms with Crippen LogP contribution in [0.25, 0.3) is 0 Å². The maximum absolute atomic E-state index is 13.4. The van der Waals surface area contributed by atoms with Crippen LogP contribution in [0, 0.1) is 5.92 Å². The summed E-state index contributed by atoms with van der Waals surface area (Å²) in [4.78, 5) is 34.1. The SMILES string of the molecule is CCN(C)C(C(=O)N1CCCC(C(=O)Nc2ccc(Cl)cn2)C1)c1ccccc1. The van der Waals surface area contributed by atoms with Crippen molar-refractivity contribution in [3.05, 3.63) is 59.2 Å². The third kappa shape index (κ3) is 5.34. The average Bonchev–Trinajstić information content (AvgIpc) is 2.76. The Hall–Kier alpha value is -2.44. The predicted octanol–water partition coefficient (Wildman–Crippen LogP) is 3.61. The van der Waals surface area contributed by atoms with Crippen LogP contribution in [0.2, 0.25) is 5.02 Å². The Morgan fingerprint density at radius 1 is 1.28 bits per heavy atom. The van der Waals surface area contributed by atoms with Gasteiger partial charge in [-0.1, -0.05) is 48.9 Å². The molecule has 29 heavy (non-hydrogen) atoms. The highest BCUT2D eigenvalue weighted by molar-refractivity contribution is 6.30. The van der Waals surface area contributed by atoms with Gasteiger partial charge in [0.1, 0.15) is 11.9 Å². The highest BCUT2D eigenvalue weighted by atomic mass is 35.5. The molecule has 0 radical (unpaired) electrons. The van der Waals surface area contributed by atoms with Gasteiger partial charge in [-0.25, -0.2) is 4.98 Å². The Bertz CT molecular complexity index is 828. The number of anilines is 1. The molecule has 1 aliphatic rings. The van der Waals surface area contributed by atoms with Gasteiger partial charge in [-0.3, -0.25) is 14.5 Å². The van der Waals surface area contributed by atoms with Gasteiger partial charge < -0.3 is 10.2 Å². The van der Waals surface area contributed by atoms with Crippen molar-refractivity contribution in [3.63, 3.8) is 0 Å². The van der Waals surface area contributed by atoms with Crippen molar-refractivity contribution in [2.45, 2.75) is 25.8 Å². The quantitative estimate of drug-likeness (QED) is 0.784. The van der Waals surface area contributed by atoms with Gasteiger partial charge >= 0.3 is 0 Å². The molecule has 7 heteroatoms. The smallest absolute Gasteiger partial charge is 0.244 e. The Morgan fingerprint density at radius 2 is 2.03 bits per heavy atom. The van der Waals surface area contributed by atoms with Gasteiger partial charge in [-0.05, 0) is 44.1 Å². The molecule has 0 saturated carbocycles. The van der Waals surface area contributed by atoms with Crippen molar-refractivity contribution in [1.82, 2.24) is 14.8 Å². The summed E-state index contributed by atoms with van der Waals surface area (Å²) in [5.74, 6) is 0.143. The van der Waals surface area contributed by atoms with Crippen LogP contribution in [0.4, 0.5) is 5.82 Å². The monoisotopic (exact) mass is 414 g/mol. The largest absolute Gasteiger partial charge is 0.340 e. The predicted molar refractivity (Wildman–Crippen MR) is 115 cm³/mol. The van der Waals surface area contributed by atoms with Crippen molar-refractivity contribution in [2.24, 2.45) is 5.92 Å². The van der Waals surface area contributed by atoms with Gasteiger partial charge in [0.05, 0.1) is 10.9 Å². The first-order chi connectivity index (χ1) is 14.0. The number of rotatable bonds is 6. The van der Waals surface area contributed by atoms with Gasteiger partial charge in [-0.15, -0.1) is 0 Å². The van der Waals surface area contributed by atoms with E-state index in [0.717, 1.165) is 24.9 Å². The molecule has 1 N–H and O–H groups in total. The van der Waals surface area contributed by atoms with E-state index in [1.807, 2.05) is 54.1 Å². The van der Waals surface area contributed by atoms with E-state index in [2.05, 4.69) is 10.3 Å². The van der Waals surface area contributed by atoms with Crippen molar-refractivity contribution in [1.29, 1.82) is 0 Å². The molecule has 3 rings (SSSR count). The van der Waals surface area contributed by atoms with Crippen LogP contribution in [-0.4, -0.2) is 53.3 Å². The lowest BCUT2D eigenvalue weighted by atomic mass is 9.95. The van der Waals surface area contributed by atoms with Crippen LogP contribution >= 0.6 is 11.6 Å². The number of carbonyl (C=O) groups excluding carboxylic acids is 2. The van der Waals surface area contributed by atoms with Crippen LogP contribution < -0.4 is 5.32 Å². The molecule has 2 atom stereocenters. The number of pyridine rings is 1. The number of hydrogen-bond acceptors (Lipinski definition) is 4. The molecule has 0 aliphatic carbocycles. The summed E-state index contributed by atoms with van der Waals surface area (Å²) < 4.78 is 0.